The molecule has 1 N–H and O–H groups in total. The van der Waals surface area contributed by atoms with Gasteiger partial charge in [0.15, 0.2) is 8.32 Å². The number of terminal acetylenes is 1. The fourth-order valence-corrected chi connectivity index (χ4v) is 3.20. The summed E-state index contributed by atoms with van der Waals surface area (Å²) >= 11 is 0. The van der Waals surface area contributed by atoms with E-state index in [-0.39, 0.29) is 23.7 Å². The Bertz CT molecular complexity index is 310. The summed E-state index contributed by atoms with van der Waals surface area (Å²) in [5.74, 6) is 2.98. The van der Waals surface area contributed by atoms with Crippen LogP contribution in [0.5, 0.6) is 0 Å². The van der Waals surface area contributed by atoms with Gasteiger partial charge in [-0.2, -0.15) is 0 Å². The third-order valence-electron chi connectivity index (χ3n) is 4.07. The molecule has 0 aliphatic carbocycles. The first-order chi connectivity index (χ1) is 8.69. The number of aliphatic hydroxyl groups excluding tert-OH is 1. The third-order valence-corrected chi connectivity index (χ3v) is 8.57. The average Bonchev–Trinajstić information content (AvgIpc) is 2.26. The van der Waals surface area contributed by atoms with Crippen molar-refractivity contribution >= 4 is 8.32 Å². The van der Waals surface area contributed by atoms with Gasteiger partial charge in [0.1, 0.15) is 0 Å². The Morgan fingerprint density at radius 3 is 2.37 bits per heavy atom. The molecule has 0 saturated heterocycles. The number of rotatable bonds is 8. The molecule has 19 heavy (non-hydrogen) atoms. The standard InChI is InChI=1S/C16H30O2Si/c1-8-10-14(12-13-17)15(11-9-2)18-19(6,7)16(3,4)5/h2,8,14-15,17H,1,10-13H2,3-7H3/t14-,15+/m0/s1. The molecule has 0 rings (SSSR count). The van der Waals surface area contributed by atoms with Crippen LogP contribution in [0.15, 0.2) is 12.7 Å². The van der Waals surface area contributed by atoms with Gasteiger partial charge in [-0.1, -0.05) is 26.8 Å². The third kappa shape index (κ3) is 5.95. The smallest absolute Gasteiger partial charge is 0.192 e. The molecule has 0 radical (unpaired) electrons. The second-order valence-corrected chi connectivity index (χ2v) is 11.4. The molecule has 0 aromatic heterocycles. The van der Waals surface area contributed by atoms with Gasteiger partial charge in [0, 0.05) is 13.0 Å². The van der Waals surface area contributed by atoms with Crippen LogP contribution in [-0.2, 0) is 4.43 Å². The second-order valence-electron chi connectivity index (χ2n) is 6.62. The highest BCUT2D eigenvalue weighted by Crippen LogP contribution is 2.39. The predicted molar refractivity (Wildman–Crippen MR) is 85.5 cm³/mol. The molecule has 0 amide bonds. The monoisotopic (exact) mass is 282 g/mol. The second kappa shape index (κ2) is 7.89. The maximum atomic E-state index is 9.21. The van der Waals surface area contributed by atoms with Gasteiger partial charge < -0.3 is 9.53 Å². The van der Waals surface area contributed by atoms with E-state index in [2.05, 4.69) is 46.4 Å². The summed E-state index contributed by atoms with van der Waals surface area (Å²) in [6.07, 6.45) is 9.55. The van der Waals surface area contributed by atoms with Crippen molar-refractivity contribution in [1.29, 1.82) is 0 Å². The fraction of sp³-hybridized carbons (Fsp3) is 0.750. The van der Waals surface area contributed by atoms with Gasteiger partial charge in [-0.05, 0) is 36.9 Å². The summed E-state index contributed by atoms with van der Waals surface area (Å²) in [6.45, 7) is 15.1. The molecule has 0 aromatic carbocycles. The summed E-state index contributed by atoms with van der Waals surface area (Å²) in [7, 11) is -1.84. The minimum atomic E-state index is -1.84. The Balaban J connectivity index is 4.99. The molecule has 0 unspecified atom stereocenters. The van der Waals surface area contributed by atoms with Crippen LogP contribution in [0.3, 0.4) is 0 Å². The molecule has 0 aliphatic rings. The van der Waals surface area contributed by atoms with E-state index in [0.717, 1.165) is 6.42 Å². The maximum Gasteiger partial charge on any atom is 0.192 e. The predicted octanol–water partition coefficient (Wildman–Crippen LogP) is 3.97. The molecule has 3 heteroatoms. The van der Waals surface area contributed by atoms with Crippen LogP contribution in [0.4, 0.5) is 0 Å². The maximum absolute atomic E-state index is 9.21. The highest BCUT2D eigenvalue weighted by Gasteiger charge is 2.40. The van der Waals surface area contributed by atoms with Gasteiger partial charge >= 0.3 is 0 Å². The van der Waals surface area contributed by atoms with Gasteiger partial charge in [-0.3, -0.25) is 0 Å². The highest BCUT2D eigenvalue weighted by atomic mass is 28.4. The van der Waals surface area contributed by atoms with Crippen molar-refractivity contribution in [3.63, 3.8) is 0 Å². The molecule has 2 atom stereocenters. The fourth-order valence-electron chi connectivity index (χ4n) is 1.81. The first-order valence-electron chi connectivity index (χ1n) is 7.02. The van der Waals surface area contributed by atoms with E-state index < -0.39 is 8.32 Å². The van der Waals surface area contributed by atoms with Crippen molar-refractivity contribution in [3.8, 4) is 12.3 Å². The first kappa shape index (κ1) is 18.4. The molecule has 110 valence electrons. The Morgan fingerprint density at radius 2 is 2.00 bits per heavy atom. The Labute approximate surface area is 120 Å². The van der Waals surface area contributed by atoms with Crippen molar-refractivity contribution in [1.82, 2.24) is 0 Å². The van der Waals surface area contributed by atoms with Crippen LogP contribution in [0.1, 0.15) is 40.0 Å². The quantitative estimate of drug-likeness (QED) is 0.414. The molecule has 0 fully saturated rings. The van der Waals surface area contributed by atoms with E-state index in [1.54, 1.807) is 0 Å². The number of aliphatic hydroxyl groups is 1. The van der Waals surface area contributed by atoms with Gasteiger partial charge in [-0.15, -0.1) is 18.9 Å². The molecule has 2 nitrogen and oxygen atoms in total. The van der Waals surface area contributed by atoms with Crippen molar-refractivity contribution in [3.05, 3.63) is 12.7 Å². The van der Waals surface area contributed by atoms with Crippen LogP contribution in [0.25, 0.3) is 0 Å². The summed E-state index contributed by atoms with van der Waals surface area (Å²) in [4.78, 5) is 0. The van der Waals surface area contributed by atoms with E-state index >= 15 is 0 Å². The van der Waals surface area contributed by atoms with Crippen LogP contribution in [0.2, 0.25) is 18.1 Å². The first-order valence-corrected chi connectivity index (χ1v) is 9.93. The van der Waals surface area contributed by atoms with E-state index in [9.17, 15) is 5.11 Å². The summed E-state index contributed by atoms with van der Waals surface area (Å²) in [5.41, 5.74) is 0. The summed E-state index contributed by atoms with van der Waals surface area (Å²) < 4.78 is 6.45. The Hall–Kier alpha value is -0.563. The highest BCUT2D eigenvalue weighted by molar-refractivity contribution is 6.74. The molecular formula is C16H30O2Si. The van der Waals surface area contributed by atoms with Gasteiger partial charge in [0.2, 0.25) is 0 Å². The van der Waals surface area contributed by atoms with Crippen LogP contribution < -0.4 is 0 Å². The van der Waals surface area contributed by atoms with Gasteiger partial charge in [0.05, 0.1) is 6.10 Å². The minimum Gasteiger partial charge on any atom is -0.413 e. The van der Waals surface area contributed by atoms with Crippen molar-refractivity contribution < 1.29 is 9.53 Å². The van der Waals surface area contributed by atoms with Gasteiger partial charge in [-0.25, -0.2) is 0 Å². The number of hydrogen-bond acceptors (Lipinski definition) is 2. The minimum absolute atomic E-state index is 0.0241. The Morgan fingerprint density at radius 1 is 1.42 bits per heavy atom. The average molecular weight is 282 g/mol. The normalized spacial score (nSPS) is 15.6. The van der Waals surface area contributed by atoms with Gasteiger partial charge in [0.25, 0.3) is 0 Å². The lowest BCUT2D eigenvalue weighted by molar-refractivity contribution is 0.103. The largest absolute Gasteiger partial charge is 0.413 e. The SMILES string of the molecule is C#CC[C@@H](O[Si](C)(C)C(C)(C)C)[C@@H](CC=C)CCO. The van der Waals surface area contributed by atoms with Crippen molar-refractivity contribution in [2.24, 2.45) is 5.92 Å². The van der Waals surface area contributed by atoms with Crippen LogP contribution >= 0.6 is 0 Å². The van der Waals surface area contributed by atoms with E-state index in [0.29, 0.717) is 12.8 Å². The van der Waals surface area contributed by atoms with Crippen molar-refractivity contribution in [2.75, 3.05) is 6.61 Å². The van der Waals surface area contributed by atoms with E-state index in [1.165, 1.54) is 0 Å². The lowest BCUT2D eigenvalue weighted by Gasteiger charge is -2.41. The van der Waals surface area contributed by atoms with E-state index in [1.807, 2.05) is 6.08 Å². The molecule has 0 heterocycles. The molecule has 0 saturated carbocycles. The lowest BCUT2D eigenvalue weighted by Crippen LogP contribution is -2.45. The van der Waals surface area contributed by atoms with Crippen molar-refractivity contribution in [2.45, 2.75) is 64.3 Å². The Kier molecular flexibility index (Phi) is 7.66. The molecule has 0 aliphatic heterocycles. The van der Waals surface area contributed by atoms with Crippen LogP contribution in [0, 0.1) is 18.3 Å². The molecule has 0 spiro atoms. The lowest BCUT2D eigenvalue weighted by atomic mass is 9.93. The number of hydrogen-bond donors (Lipinski definition) is 1. The summed E-state index contributed by atoms with van der Waals surface area (Å²) in [5, 5.41) is 9.37. The zero-order chi connectivity index (χ0) is 15.1. The topological polar surface area (TPSA) is 29.5 Å². The molecule has 0 bridgehead atoms. The zero-order valence-electron chi connectivity index (χ0n) is 13.2. The van der Waals surface area contributed by atoms with E-state index in [4.69, 9.17) is 10.8 Å². The zero-order valence-corrected chi connectivity index (χ0v) is 14.2. The summed E-state index contributed by atoms with van der Waals surface area (Å²) in [6, 6.07) is 0. The molecular weight excluding hydrogens is 252 g/mol. The number of allylic oxidation sites excluding steroid dienone is 1. The van der Waals surface area contributed by atoms with Crippen LogP contribution in [-0.4, -0.2) is 26.1 Å². The molecule has 0 aromatic rings.